The van der Waals surface area contributed by atoms with Crippen molar-refractivity contribution in [1.29, 1.82) is 0 Å². The lowest BCUT2D eigenvalue weighted by atomic mass is 10.0. The number of amides is 1. The second-order valence-electron chi connectivity index (χ2n) is 5.94. The number of aryl methyl sites for hydroxylation is 1. The van der Waals surface area contributed by atoms with Crippen molar-refractivity contribution in [1.82, 2.24) is 14.9 Å². The molecular weight excluding hydrogens is 294 g/mol. The second kappa shape index (κ2) is 6.57. The Morgan fingerprint density at radius 1 is 1.45 bits per heavy atom. The quantitative estimate of drug-likeness (QED) is 0.834. The highest BCUT2D eigenvalue weighted by atomic mass is 32.2. The van der Waals surface area contributed by atoms with Crippen molar-refractivity contribution in [3.63, 3.8) is 0 Å². The number of nitrogens with zero attached hydrogens (tertiary/aromatic N) is 2. The Balaban J connectivity index is 1.61. The third kappa shape index (κ3) is 3.53. The zero-order valence-corrected chi connectivity index (χ0v) is 13.7. The molecule has 5 heteroatoms. The molecule has 2 aromatic rings. The number of aromatic nitrogens is 2. The summed E-state index contributed by atoms with van der Waals surface area (Å²) in [5.41, 5.74) is 1.20. The maximum Gasteiger partial charge on any atom is 0.230 e. The van der Waals surface area contributed by atoms with Gasteiger partial charge in [-0.3, -0.25) is 4.79 Å². The highest BCUT2D eigenvalue weighted by Crippen LogP contribution is 2.46. The van der Waals surface area contributed by atoms with Gasteiger partial charge in [0.2, 0.25) is 5.91 Å². The Morgan fingerprint density at radius 2 is 2.18 bits per heavy atom. The Hall–Kier alpha value is -1.75. The first-order valence-electron chi connectivity index (χ1n) is 7.59. The summed E-state index contributed by atoms with van der Waals surface area (Å²) in [4.78, 5) is 16.5. The van der Waals surface area contributed by atoms with E-state index in [4.69, 9.17) is 0 Å². The lowest BCUT2D eigenvalue weighted by Gasteiger charge is -2.19. The van der Waals surface area contributed by atoms with Gasteiger partial charge < -0.3 is 9.88 Å². The van der Waals surface area contributed by atoms with E-state index in [1.165, 1.54) is 23.7 Å². The third-order valence-electron chi connectivity index (χ3n) is 4.18. The molecule has 0 radical (unpaired) electrons. The van der Waals surface area contributed by atoms with Crippen LogP contribution in [0.2, 0.25) is 0 Å². The maximum absolute atomic E-state index is 12.3. The van der Waals surface area contributed by atoms with Crippen molar-refractivity contribution < 1.29 is 4.79 Å². The van der Waals surface area contributed by atoms with Crippen LogP contribution >= 0.6 is 11.8 Å². The summed E-state index contributed by atoms with van der Waals surface area (Å²) in [6, 6.07) is 10.4. The average Bonchev–Trinajstić information content (AvgIpc) is 3.10. The zero-order chi connectivity index (χ0) is 15.5. The summed E-state index contributed by atoms with van der Waals surface area (Å²) in [5, 5.41) is 4.08. The molecule has 3 rings (SSSR count). The number of carbonyl (C=O) groups is 1. The predicted molar refractivity (Wildman–Crippen MR) is 88.5 cm³/mol. The van der Waals surface area contributed by atoms with Gasteiger partial charge in [-0.25, -0.2) is 4.98 Å². The van der Waals surface area contributed by atoms with Crippen molar-refractivity contribution in [3.05, 3.63) is 48.3 Å². The average molecular weight is 315 g/mol. The smallest absolute Gasteiger partial charge is 0.230 e. The summed E-state index contributed by atoms with van der Waals surface area (Å²) >= 11 is 1.47. The minimum Gasteiger partial charge on any atom is -0.348 e. The number of imidazole rings is 1. The number of carbonyl (C=O) groups excluding carboxylic acids is 1. The molecule has 3 unspecified atom stereocenters. The van der Waals surface area contributed by atoms with Crippen molar-refractivity contribution in [2.24, 2.45) is 18.9 Å². The molecule has 1 aliphatic rings. The number of rotatable bonds is 6. The van der Waals surface area contributed by atoms with E-state index < -0.39 is 0 Å². The van der Waals surface area contributed by atoms with E-state index in [0.717, 1.165) is 5.16 Å². The van der Waals surface area contributed by atoms with Crippen LogP contribution in [0.5, 0.6) is 0 Å². The highest BCUT2D eigenvalue weighted by Gasteiger charge is 2.40. The van der Waals surface area contributed by atoms with Crippen LogP contribution in [0.4, 0.5) is 0 Å². The van der Waals surface area contributed by atoms with Gasteiger partial charge in [-0.1, -0.05) is 49.0 Å². The monoisotopic (exact) mass is 315 g/mol. The molecule has 0 aliphatic heterocycles. The largest absolute Gasteiger partial charge is 0.348 e. The fraction of sp³-hybridized carbons (Fsp3) is 0.412. The molecule has 4 nitrogen and oxygen atoms in total. The first-order chi connectivity index (χ1) is 10.6. The Labute approximate surface area is 135 Å². The van der Waals surface area contributed by atoms with Gasteiger partial charge in [-0.15, -0.1) is 0 Å². The zero-order valence-electron chi connectivity index (χ0n) is 12.9. The van der Waals surface area contributed by atoms with E-state index in [2.05, 4.69) is 29.4 Å². The van der Waals surface area contributed by atoms with Crippen molar-refractivity contribution in [3.8, 4) is 0 Å². The summed E-state index contributed by atoms with van der Waals surface area (Å²) in [6.45, 7) is 2.25. The van der Waals surface area contributed by atoms with Gasteiger partial charge in [-0.05, 0) is 23.8 Å². The molecule has 1 aromatic carbocycles. The lowest BCUT2D eigenvalue weighted by Crippen LogP contribution is -2.31. The summed E-state index contributed by atoms with van der Waals surface area (Å²) in [7, 11) is 1.94. The highest BCUT2D eigenvalue weighted by molar-refractivity contribution is 7.99. The first kappa shape index (κ1) is 15.2. The van der Waals surface area contributed by atoms with Gasteiger partial charge in [0, 0.05) is 19.4 Å². The van der Waals surface area contributed by atoms with E-state index in [-0.39, 0.29) is 11.9 Å². The minimum absolute atomic E-state index is 0.0703. The Morgan fingerprint density at radius 3 is 2.77 bits per heavy atom. The fourth-order valence-corrected chi connectivity index (χ4v) is 3.49. The molecule has 0 spiro atoms. The second-order valence-corrected chi connectivity index (χ2v) is 6.88. The molecule has 0 saturated heterocycles. The van der Waals surface area contributed by atoms with E-state index in [9.17, 15) is 4.79 Å². The van der Waals surface area contributed by atoms with E-state index in [1.807, 2.05) is 36.0 Å². The number of hydrogen-bond acceptors (Lipinski definition) is 3. The molecule has 0 bridgehead atoms. The van der Waals surface area contributed by atoms with Crippen molar-refractivity contribution in [2.75, 3.05) is 5.75 Å². The van der Waals surface area contributed by atoms with Gasteiger partial charge in [-0.2, -0.15) is 0 Å². The normalized spacial score (nSPS) is 21.4. The summed E-state index contributed by atoms with van der Waals surface area (Å²) in [5.74, 6) is 1.72. The number of benzene rings is 1. The molecule has 3 atom stereocenters. The van der Waals surface area contributed by atoms with E-state index in [0.29, 0.717) is 17.6 Å². The summed E-state index contributed by atoms with van der Waals surface area (Å²) in [6.07, 6.45) is 4.82. The lowest BCUT2D eigenvalue weighted by molar-refractivity contribution is -0.119. The molecular formula is C17H21N3OS. The van der Waals surface area contributed by atoms with Gasteiger partial charge >= 0.3 is 0 Å². The SMILES string of the molecule is CC1CC1C(NC(=O)CSc1nccn1C)c1ccccc1. The van der Waals surface area contributed by atoms with Crippen LogP contribution in [-0.2, 0) is 11.8 Å². The minimum atomic E-state index is 0.0703. The third-order valence-corrected chi connectivity index (χ3v) is 5.24. The molecule has 116 valence electrons. The van der Waals surface area contributed by atoms with Gasteiger partial charge in [0.25, 0.3) is 0 Å². The molecule has 1 saturated carbocycles. The number of thioether (sulfide) groups is 1. The molecule has 1 fully saturated rings. The number of hydrogen-bond donors (Lipinski definition) is 1. The molecule has 1 aromatic heterocycles. The van der Waals surface area contributed by atoms with Crippen LogP contribution in [0.15, 0.2) is 47.9 Å². The van der Waals surface area contributed by atoms with Crippen LogP contribution in [0, 0.1) is 11.8 Å². The van der Waals surface area contributed by atoms with Crippen LogP contribution in [-0.4, -0.2) is 21.2 Å². The molecule has 1 aliphatic carbocycles. The van der Waals surface area contributed by atoms with Gasteiger partial charge in [0.1, 0.15) is 0 Å². The van der Waals surface area contributed by atoms with Gasteiger partial charge in [0.05, 0.1) is 11.8 Å². The van der Waals surface area contributed by atoms with E-state index in [1.54, 1.807) is 6.20 Å². The topological polar surface area (TPSA) is 46.9 Å². The predicted octanol–water partition coefficient (Wildman–Crippen LogP) is 3.03. The van der Waals surface area contributed by atoms with Crippen molar-refractivity contribution in [2.45, 2.75) is 24.5 Å². The van der Waals surface area contributed by atoms with Crippen LogP contribution in [0.25, 0.3) is 0 Å². The van der Waals surface area contributed by atoms with Gasteiger partial charge in [0.15, 0.2) is 5.16 Å². The van der Waals surface area contributed by atoms with Crippen LogP contribution in [0.1, 0.15) is 24.9 Å². The standard InChI is InChI=1S/C17H21N3OS/c1-12-10-14(12)16(13-6-4-3-5-7-13)19-15(21)11-22-17-18-8-9-20(17)2/h3-9,12,14,16H,10-11H2,1-2H3,(H,19,21). The van der Waals surface area contributed by atoms with Crippen molar-refractivity contribution >= 4 is 17.7 Å². The van der Waals surface area contributed by atoms with Crippen LogP contribution < -0.4 is 5.32 Å². The fourth-order valence-electron chi connectivity index (χ4n) is 2.75. The molecule has 22 heavy (non-hydrogen) atoms. The Kier molecular flexibility index (Phi) is 4.52. The maximum atomic E-state index is 12.3. The summed E-state index contributed by atoms with van der Waals surface area (Å²) < 4.78 is 1.93. The first-order valence-corrected chi connectivity index (χ1v) is 8.58. The molecule has 1 heterocycles. The van der Waals surface area contributed by atoms with E-state index >= 15 is 0 Å². The molecule has 1 N–H and O–H groups in total. The number of nitrogens with one attached hydrogen (secondary N) is 1. The Bertz CT molecular complexity index is 640. The van der Waals surface area contributed by atoms with Crippen LogP contribution in [0.3, 0.4) is 0 Å². The molecule has 1 amide bonds.